The van der Waals surface area contributed by atoms with Crippen LogP contribution in [-0.2, 0) is 34.7 Å². The fraction of sp³-hybridized carbons (Fsp3) is 0.515. The van der Waals surface area contributed by atoms with E-state index in [1.165, 1.54) is 32.4 Å². The molecular formula is C33H45ClN4O9. The number of pyridine rings is 2. The highest BCUT2D eigenvalue weighted by Crippen LogP contribution is 2.41. The number of esters is 1. The Morgan fingerprint density at radius 3 is 2.38 bits per heavy atom. The molecule has 4 aliphatic heterocycles. The predicted molar refractivity (Wildman–Crippen MR) is 178 cm³/mol. The van der Waals surface area contributed by atoms with Gasteiger partial charge in [0, 0.05) is 35.6 Å². The van der Waals surface area contributed by atoms with Crippen LogP contribution < -0.4 is 10.3 Å². The van der Waals surface area contributed by atoms with E-state index in [0.717, 1.165) is 34.9 Å². The van der Waals surface area contributed by atoms with Gasteiger partial charge in [0.1, 0.15) is 12.4 Å². The van der Waals surface area contributed by atoms with Gasteiger partial charge in [-0.25, -0.2) is 14.6 Å². The largest absolute Gasteiger partial charge is 0.458 e. The van der Waals surface area contributed by atoms with E-state index < -0.39 is 11.6 Å². The van der Waals surface area contributed by atoms with Gasteiger partial charge in [-0.2, -0.15) is 0 Å². The first-order valence-electron chi connectivity index (χ1n) is 15.7. The zero-order chi connectivity index (χ0) is 29.9. The van der Waals surface area contributed by atoms with Crippen LogP contribution >= 0.6 is 12.4 Å². The van der Waals surface area contributed by atoms with Crippen LogP contribution in [0.5, 0.6) is 5.75 Å². The molecule has 7 rings (SSSR count). The van der Waals surface area contributed by atoms with Gasteiger partial charge >= 0.3 is 12.1 Å². The quantitative estimate of drug-likeness (QED) is 0.315. The van der Waals surface area contributed by atoms with Crippen LogP contribution in [0.3, 0.4) is 0 Å². The van der Waals surface area contributed by atoms with Crippen LogP contribution in [0.25, 0.3) is 22.3 Å². The summed E-state index contributed by atoms with van der Waals surface area (Å²) in [6.07, 6.45) is 6.26. The monoisotopic (exact) mass is 676 g/mol. The van der Waals surface area contributed by atoms with Gasteiger partial charge in [-0.15, -0.1) is 12.4 Å². The minimum atomic E-state index is -1.86. The number of nitrogens with zero attached hydrogens (tertiary/aromatic N) is 4. The highest BCUT2D eigenvalue weighted by atomic mass is 35.5. The number of ether oxygens (including phenoxy) is 2. The highest BCUT2D eigenvalue weighted by molar-refractivity contribution is 5.90. The Kier molecular flexibility index (Phi) is 11.8. The van der Waals surface area contributed by atoms with E-state index in [9.17, 15) is 19.5 Å². The summed E-state index contributed by atoms with van der Waals surface area (Å²) in [6, 6.07) is 7.77. The van der Waals surface area contributed by atoms with Gasteiger partial charge in [0.25, 0.3) is 5.56 Å². The number of amides is 1. The zero-order valence-corrected chi connectivity index (χ0v) is 27.6. The van der Waals surface area contributed by atoms with Crippen LogP contribution in [0, 0.1) is 0 Å². The number of hydrogen-bond donors (Lipinski definition) is 1. The molecule has 0 unspecified atom stereocenters. The standard InChI is InChI=1S/C33H38N4O6.ClH.3H2O/c1-3-22-23-16-21(43-32(40)36-14-10-20(11-15-36)35-12-6-5-7-13-35)8-9-27(23)34-29-24(22)18-37-28(29)17-26-25(30(37)38)19-42-31(39)33(26,41)4-2;;;;/h8-9,16-17,20,41H,3-7,10-15,18-19H2,1-2H3;1H;3*1H2/t33-;;;;/m1..../s1. The minimum absolute atomic E-state index is 0. The molecule has 3 aromatic rings. The van der Waals surface area contributed by atoms with Gasteiger partial charge in [-0.1, -0.05) is 20.3 Å². The van der Waals surface area contributed by atoms with Gasteiger partial charge in [0.2, 0.25) is 0 Å². The number of aryl methyl sites for hydroxylation is 1. The normalized spacial score (nSPS) is 20.3. The van der Waals surface area contributed by atoms with Crippen molar-refractivity contribution >= 4 is 35.4 Å². The van der Waals surface area contributed by atoms with E-state index >= 15 is 0 Å². The average Bonchev–Trinajstić information content (AvgIpc) is 3.41. The number of aromatic nitrogens is 2. The van der Waals surface area contributed by atoms with Gasteiger partial charge < -0.3 is 45.4 Å². The van der Waals surface area contributed by atoms with Crippen molar-refractivity contribution in [3.8, 4) is 17.1 Å². The van der Waals surface area contributed by atoms with Crippen molar-refractivity contribution in [2.45, 2.75) is 83.6 Å². The molecule has 2 saturated heterocycles. The Bertz CT molecular complexity index is 1700. The molecule has 1 amide bonds. The van der Waals surface area contributed by atoms with E-state index in [0.29, 0.717) is 60.4 Å². The van der Waals surface area contributed by atoms with E-state index in [-0.39, 0.29) is 53.5 Å². The molecule has 2 aromatic heterocycles. The predicted octanol–water partition coefficient (Wildman–Crippen LogP) is 2.04. The third-order valence-corrected chi connectivity index (χ3v) is 9.97. The number of aliphatic hydroxyl groups is 1. The smallest absolute Gasteiger partial charge is 0.415 e. The molecular weight excluding hydrogens is 632 g/mol. The summed E-state index contributed by atoms with van der Waals surface area (Å²) in [6.45, 7) is 7.65. The zero-order valence-electron chi connectivity index (χ0n) is 26.8. The number of benzene rings is 1. The molecule has 47 heavy (non-hydrogen) atoms. The second-order valence-electron chi connectivity index (χ2n) is 12.2. The molecule has 0 aliphatic carbocycles. The highest BCUT2D eigenvalue weighted by Gasteiger charge is 2.45. The van der Waals surface area contributed by atoms with Crippen LogP contribution in [-0.4, -0.2) is 85.2 Å². The molecule has 0 saturated carbocycles. The second kappa shape index (κ2) is 14.7. The first-order chi connectivity index (χ1) is 20.8. The summed E-state index contributed by atoms with van der Waals surface area (Å²) in [5.41, 5.74) is 2.38. The number of carbonyl (C=O) groups excluding carboxylic acids is 2. The molecule has 0 bridgehead atoms. The fourth-order valence-electron chi connectivity index (χ4n) is 7.47. The number of cyclic esters (lactones) is 1. The van der Waals surface area contributed by atoms with E-state index in [1.807, 2.05) is 17.0 Å². The van der Waals surface area contributed by atoms with Gasteiger partial charge in [0.05, 0.1) is 29.0 Å². The van der Waals surface area contributed by atoms with Crippen LogP contribution in [0.2, 0.25) is 0 Å². The number of rotatable bonds is 4. The maximum atomic E-state index is 13.6. The van der Waals surface area contributed by atoms with E-state index in [1.54, 1.807) is 23.6 Å². The lowest BCUT2D eigenvalue weighted by atomic mass is 9.86. The summed E-state index contributed by atoms with van der Waals surface area (Å²) in [5.74, 6) is -0.266. The third kappa shape index (κ3) is 6.23. The van der Waals surface area contributed by atoms with Gasteiger partial charge in [-0.05, 0) is 81.4 Å². The number of fused-ring (bicyclic) bond motifs is 5. The van der Waals surface area contributed by atoms with Crippen LogP contribution in [0.1, 0.15) is 74.6 Å². The number of hydrogen-bond acceptors (Lipinski definition) is 8. The Labute approximate surface area is 278 Å². The summed E-state index contributed by atoms with van der Waals surface area (Å²) in [7, 11) is 0. The first-order valence-corrected chi connectivity index (χ1v) is 15.7. The number of likely N-dealkylation sites (tertiary alicyclic amines) is 2. The minimum Gasteiger partial charge on any atom is -0.458 e. The molecule has 7 N–H and O–H groups in total. The lowest BCUT2D eigenvalue weighted by molar-refractivity contribution is -0.172. The Balaban J connectivity index is 0.00000150. The topological polar surface area (TPSA) is 209 Å². The summed E-state index contributed by atoms with van der Waals surface area (Å²) in [4.78, 5) is 48.5. The third-order valence-electron chi connectivity index (χ3n) is 9.97. The maximum absolute atomic E-state index is 13.6. The molecule has 6 heterocycles. The molecule has 0 spiro atoms. The molecule has 14 heteroatoms. The Morgan fingerprint density at radius 2 is 1.72 bits per heavy atom. The second-order valence-corrected chi connectivity index (χ2v) is 12.2. The van der Waals surface area contributed by atoms with Crippen molar-refractivity contribution in [3.63, 3.8) is 0 Å². The molecule has 258 valence electrons. The molecule has 2 fully saturated rings. The maximum Gasteiger partial charge on any atom is 0.415 e. The molecule has 1 atom stereocenters. The molecule has 0 radical (unpaired) electrons. The Morgan fingerprint density at radius 1 is 1.02 bits per heavy atom. The van der Waals surface area contributed by atoms with Crippen LogP contribution in [0.15, 0.2) is 29.1 Å². The van der Waals surface area contributed by atoms with Crippen LogP contribution in [0.4, 0.5) is 4.79 Å². The first kappa shape index (κ1) is 37.9. The molecule has 13 nitrogen and oxygen atoms in total. The molecule has 1 aromatic carbocycles. The SMILES string of the molecule is CCc1c2c(nc3ccc(OC(=O)N4CCC(N5CCCCC5)CC4)cc13)-c1cc3c(c(=O)n1C2)COC(=O)[C@@]3(O)CC.Cl.O.O.O. The van der Waals surface area contributed by atoms with Gasteiger partial charge in [0.15, 0.2) is 5.60 Å². The lowest BCUT2D eigenvalue weighted by Crippen LogP contribution is -2.48. The fourth-order valence-corrected chi connectivity index (χ4v) is 7.47. The van der Waals surface area contributed by atoms with Crippen molar-refractivity contribution in [2.75, 3.05) is 26.2 Å². The summed E-state index contributed by atoms with van der Waals surface area (Å²) < 4.78 is 12.7. The van der Waals surface area contributed by atoms with E-state index in [2.05, 4.69) is 11.8 Å². The molecule has 4 aliphatic rings. The van der Waals surface area contributed by atoms with Gasteiger partial charge in [-0.3, -0.25) is 4.79 Å². The number of halogens is 1. The van der Waals surface area contributed by atoms with Crippen molar-refractivity contribution in [1.82, 2.24) is 19.4 Å². The van der Waals surface area contributed by atoms with Crippen molar-refractivity contribution < 1.29 is 40.6 Å². The van der Waals surface area contributed by atoms with E-state index in [4.69, 9.17) is 14.5 Å². The Hall–Kier alpha value is -3.59. The van der Waals surface area contributed by atoms with Crippen molar-refractivity contribution in [2.24, 2.45) is 0 Å². The average molecular weight is 677 g/mol. The summed E-state index contributed by atoms with van der Waals surface area (Å²) in [5, 5.41) is 12.0. The lowest BCUT2D eigenvalue weighted by Gasteiger charge is -2.39. The number of piperidine rings is 2. The van der Waals surface area contributed by atoms with Crippen molar-refractivity contribution in [1.29, 1.82) is 0 Å². The summed E-state index contributed by atoms with van der Waals surface area (Å²) >= 11 is 0. The number of carbonyl (C=O) groups is 2. The van der Waals surface area contributed by atoms with Crippen molar-refractivity contribution in [3.05, 3.63) is 56.9 Å².